The topological polar surface area (TPSA) is 39.2 Å². The molecular formula is C18H27NO. The Morgan fingerprint density at radius 2 is 1.90 bits per heavy atom. The lowest BCUT2D eigenvalue weighted by atomic mass is 9.39. The van der Waals surface area contributed by atoms with Gasteiger partial charge >= 0.3 is 0 Å². The minimum absolute atomic E-state index is 0.294. The highest BCUT2D eigenvalue weighted by molar-refractivity contribution is 5.16. The third-order valence-electron chi connectivity index (χ3n) is 6.49. The second-order valence-electron chi connectivity index (χ2n) is 8.93. The van der Waals surface area contributed by atoms with Gasteiger partial charge in [0, 0.05) is 6.04 Å². The van der Waals surface area contributed by atoms with Gasteiger partial charge in [0.1, 0.15) is 0 Å². The normalized spacial score (nSPS) is 47.6. The molecule has 3 unspecified atom stereocenters. The largest absolute Gasteiger partial charge is 0.472 e. The highest BCUT2D eigenvalue weighted by Gasteiger charge is 2.61. The van der Waals surface area contributed by atoms with Gasteiger partial charge < -0.3 is 10.2 Å². The van der Waals surface area contributed by atoms with Crippen molar-refractivity contribution in [2.24, 2.45) is 27.9 Å². The molecule has 2 nitrogen and oxygen atoms in total. The summed E-state index contributed by atoms with van der Waals surface area (Å²) < 4.78 is 5.22. The Balaban J connectivity index is 1.63. The summed E-state index contributed by atoms with van der Waals surface area (Å²) in [4.78, 5) is 0. The zero-order valence-electron chi connectivity index (χ0n) is 12.8. The Bertz CT molecular complexity index is 487. The van der Waals surface area contributed by atoms with Gasteiger partial charge in [0.05, 0.1) is 12.5 Å². The van der Waals surface area contributed by atoms with E-state index in [1.54, 1.807) is 6.26 Å². The van der Waals surface area contributed by atoms with Gasteiger partial charge in [-0.1, -0.05) is 13.8 Å². The van der Waals surface area contributed by atoms with Crippen LogP contribution in [-0.2, 0) is 6.42 Å². The Kier molecular flexibility index (Phi) is 2.53. The average molecular weight is 273 g/mol. The van der Waals surface area contributed by atoms with Crippen molar-refractivity contribution in [2.45, 2.75) is 64.8 Å². The van der Waals surface area contributed by atoms with Gasteiger partial charge in [-0.05, 0) is 78.7 Å². The summed E-state index contributed by atoms with van der Waals surface area (Å²) >= 11 is 0. The van der Waals surface area contributed by atoms with Crippen molar-refractivity contribution < 1.29 is 4.42 Å². The molecule has 3 atom stereocenters. The second kappa shape index (κ2) is 3.91. The molecular weight excluding hydrogens is 246 g/mol. The molecule has 2 N–H and O–H groups in total. The van der Waals surface area contributed by atoms with Crippen molar-refractivity contribution in [3.63, 3.8) is 0 Å². The minimum Gasteiger partial charge on any atom is -0.472 e. The lowest BCUT2D eigenvalue weighted by Gasteiger charge is -2.67. The van der Waals surface area contributed by atoms with Crippen LogP contribution in [0.5, 0.6) is 0 Å². The predicted molar refractivity (Wildman–Crippen MR) is 80.2 cm³/mol. The van der Waals surface area contributed by atoms with Crippen molar-refractivity contribution in [3.05, 3.63) is 24.2 Å². The van der Waals surface area contributed by atoms with E-state index >= 15 is 0 Å². The maximum Gasteiger partial charge on any atom is 0.0935 e. The first-order valence-electron chi connectivity index (χ1n) is 8.17. The van der Waals surface area contributed by atoms with Crippen LogP contribution in [-0.4, -0.2) is 6.04 Å². The predicted octanol–water partition coefficient (Wildman–Crippen LogP) is 4.15. The molecule has 4 saturated carbocycles. The summed E-state index contributed by atoms with van der Waals surface area (Å²) in [6.07, 6.45) is 13.0. The summed E-state index contributed by atoms with van der Waals surface area (Å²) in [5.41, 5.74) is 9.51. The molecule has 0 amide bonds. The van der Waals surface area contributed by atoms with E-state index in [4.69, 9.17) is 10.2 Å². The zero-order chi connectivity index (χ0) is 14.0. The molecule has 0 saturated heterocycles. The molecule has 0 aliphatic heterocycles. The molecule has 110 valence electrons. The van der Waals surface area contributed by atoms with Crippen LogP contribution in [0.1, 0.15) is 57.9 Å². The molecule has 5 rings (SSSR count). The van der Waals surface area contributed by atoms with Crippen molar-refractivity contribution in [2.75, 3.05) is 0 Å². The van der Waals surface area contributed by atoms with Crippen molar-refractivity contribution in [1.29, 1.82) is 0 Å². The highest BCUT2D eigenvalue weighted by atomic mass is 16.3. The van der Waals surface area contributed by atoms with Crippen molar-refractivity contribution >= 4 is 0 Å². The van der Waals surface area contributed by atoms with Crippen LogP contribution in [0.3, 0.4) is 0 Å². The van der Waals surface area contributed by atoms with E-state index in [1.165, 1.54) is 44.1 Å². The molecule has 0 radical (unpaired) electrons. The number of nitrogens with two attached hydrogens (primary N) is 1. The summed E-state index contributed by atoms with van der Waals surface area (Å²) in [5.74, 6) is 0.927. The fraction of sp³-hybridized carbons (Fsp3) is 0.778. The van der Waals surface area contributed by atoms with E-state index < -0.39 is 0 Å². The van der Waals surface area contributed by atoms with Crippen LogP contribution in [0.15, 0.2) is 23.0 Å². The molecule has 2 heteroatoms. The average Bonchev–Trinajstić information content (AvgIpc) is 2.76. The number of rotatable bonds is 3. The fourth-order valence-electron chi connectivity index (χ4n) is 6.83. The first kappa shape index (κ1) is 12.9. The van der Waals surface area contributed by atoms with Gasteiger partial charge in [-0.25, -0.2) is 0 Å². The van der Waals surface area contributed by atoms with E-state index in [1.807, 2.05) is 6.26 Å². The van der Waals surface area contributed by atoms with Crippen LogP contribution in [0.25, 0.3) is 0 Å². The van der Waals surface area contributed by atoms with Gasteiger partial charge in [-0.2, -0.15) is 0 Å². The maximum absolute atomic E-state index is 6.74. The Labute approximate surface area is 122 Å². The molecule has 1 aromatic heterocycles. The summed E-state index contributed by atoms with van der Waals surface area (Å²) in [7, 11) is 0. The van der Waals surface area contributed by atoms with Crippen LogP contribution in [0.4, 0.5) is 0 Å². The molecule has 0 spiro atoms. The standard InChI is InChI=1S/C18H27NO/c1-16-6-14-7-17(2,10-16)12-18(8-14,11-16)15(19)5-13-3-4-20-9-13/h3-4,9,14-15H,5-8,10-12,19H2,1-2H3. The van der Waals surface area contributed by atoms with E-state index in [0.29, 0.717) is 22.3 Å². The van der Waals surface area contributed by atoms with Gasteiger partial charge in [0.25, 0.3) is 0 Å². The maximum atomic E-state index is 6.74. The number of hydrogen-bond donors (Lipinski definition) is 1. The highest BCUT2D eigenvalue weighted by Crippen LogP contribution is 2.70. The van der Waals surface area contributed by atoms with Crippen molar-refractivity contribution in [3.8, 4) is 0 Å². The van der Waals surface area contributed by atoms with Crippen LogP contribution in [0.2, 0.25) is 0 Å². The van der Waals surface area contributed by atoms with Crippen molar-refractivity contribution in [1.82, 2.24) is 0 Å². The monoisotopic (exact) mass is 273 g/mol. The molecule has 1 aromatic rings. The molecule has 0 aromatic carbocycles. The minimum atomic E-state index is 0.294. The Morgan fingerprint density at radius 1 is 1.20 bits per heavy atom. The smallest absolute Gasteiger partial charge is 0.0935 e. The first-order valence-corrected chi connectivity index (χ1v) is 8.17. The summed E-state index contributed by atoms with van der Waals surface area (Å²) in [6.45, 7) is 5.05. The lowest BCUT2D eigenvalue weighted by Crippen LogP contribution is -2.61. The molecule has 4 aliphatic rings. The van der Waals surface area contributed by atoms with Gasteiger partial charge in [0.2, 0.25) is 0 Å². The second-order valence-corrected chi connectivity index (χ2v) is 8.93. The van der Waals surface area contributed by atoms with Gasteiger partial charge in [0.15, 0.2) is 0 Å². The lowest BCUT2D eigenvalue weighted by molar-refractivity contribution is -0.153. The SMILES string of the molecule is CC12CC3CC(C)(C1)CC(C(N)Cc1ccoc1)(C3)C2. The van der Waals surface area contributed by atoms with E-state index in [2.05, 4.69) is 19.9 Å². The summed E-state index contributed by atoms with van der Waals surface area (Å²) in [6, 6.07) is 2.37. The van der Waals surface area contributed by atoms with Gasteiger partial charge in [-0.3, -0.25) is 0 Å². The third-order valence-corrected chi connectivity index (χ3v) is 6.49. The molecule has 4 fully saturated rings. The van der Waals surface area contributed by atoms with Crippen LogP contribution < -0.4 is 5.73 Å². The van der Waals surface area contributed by atoms with Crippen LogP contribution >= 0.6 is 0 Å². The molecule has 1 heterocycles. The van der Waals surface area contributed by atoms with Gasteiger partial charge in [-0.15, -0.1) is 0 Å². The third kappa shape index (κ3) is 1.88. The zero-order valence-corrected chi connectivity index (χ0v) is 12.8. The quantitative estimate of drug-likeness (QED) is 0.898. The first-order chi connectivity index (χ1) is 9.41. The fourth-order valence-corrected chi connectivity index (χ4v) is 6.83. The van der Waals surface area contributed by atoms with Crippen LogP contribution in [0, 0.1) is 22.2 Å². The van der Waals surface area contributed by atoms with E-state index in [0.717, 1.165) is 12.3 Å². The Morgan fingerprint density at radius 3 is 2.45 bits per heavy atom. The molecule has 4 aliphatic carbocycles. The Hall–Kier alpha value is -0.760. The van der Waals surface area contributed by atoms with E-state index in [-0.39, 0.29) is 0 Å². The number of hydrogen-bond acceptors (Lipinski definition) is 2. The molecule has 4 bridgehead atoms. The van der Waals surface area contributed by atoms with E-state index in [9.17, 15) is 0 Å². The number of furan rings is 1. The molecule has 20 heavy (non-hydrogen) atoms. The summed E-state index contributed by atoms with van der Waals surface area (Å²) in [5, 5.41) is 0.